The molecule has 1 saturated heterocycles. The Hall–Kier alpha value is -2.13. The van der Waals surface area contributed by atoms with Gasteiger partial charge in [-0.15, -0.1) is 0 Å². The number of hydrogen-bond acceptors (Lipinski definition) is 2. The number of nitrogens with one attached hydrogen (secondary N) is 2. The highest BCUT2D eigenvalue weighted by atomic mass is 16.1. The molecule has 2 aliphatic heterocycles. The number of benzene rings is 2. The summed E-state index contributed by atoms with van der Waals surface area (Å²) in [6.45, 7) is 3.98. The standard InChI is InChI=1S/C19H20N2O/c1-2-12-8-14(13-6-4-3-5-7-13)18-15(9-12)16-10-20-11-17(16)21-19(18)22/h3-9,16-17,20H,2,10-11H2,1H3,(H,21,22)/t16-,17+/m1/s1. The molecule has 1 amide bonds. The second-order valence-electron chi connectivity index (χ2n) is 6.17. The highest BCUT2D eigenvalue weighted by molar-refractivity contribution is 6.04. The molecule has 3 nitrogen and oxygen atoms in total. The molecule has 0 spiro atoms. The number of carbonyl (C=O) groups is 1. The zero-order valence-corrected chi connectivity index (χ0v) is 12.7. The van der Waals surface area contributed by atoms with Crippen LogP contribution in [0.2, 0.25) is 0 Å². The van der Waals surface area contributed by atoms with E-state index in [1.165, 1.54) is 11.1 Å². The lowest BCUT2D eigenvalue weighted by molar-refractivity contribution is 0.0925. The molecule has 2 atom stereocenters. The average molecular weight is 292 g/mol. The van der Waals surface area contributed by atoms with E-state index in [-0.39, 0.29) is 11.9 Å². The topological polar surface area (TPSA) is 41.1 Å². The number of hydrogen-bond donors (Lipinski definition) is 2. The zero-order valence-electron chi connectivity index (χ0n) is 12.7. The first-order valence-electron chi connectivity index (χ1n) is 8.01. The molecule has 0 unspecified atom stereocenters. The number of carbonyl (C=O) groups excluding carboxylic acids is 1. The fraction of sp³-hybridized carbons (Fsp3) is 0.316. The molecule has 0 aromatic heterocycles. The van der Waals surface area contributed by atoms with E-state index in [0.717, 1.165) is 36.2 Å². The maximum Gasteiger partial charge on any atom is 0.252 e. The van der Waals surface area contributed by atoms with Gasteiger partial charge in [0.15, 0.2) is 0 Å². The third kappa shape index (κ3) is 2.04. The van der Waals surface area contributed by atoms with Crippen LogP contribution in [0.15, 0.2) is 42.5 Å². The van der Waals surface area contributed by atoms with Gasteiger partial charge in [-0.3, -0.25) is 4.79 Å². The molecule has 2 heterocycles. The van der Waals surface area contributed by atoms with Crippen molar-refractivity contribution in [1.29, 1.82) is 0 Å². The van der Waals surface area contributed by atoms with Gasteiger partial charge in [-0.2, -0.15) is 0 Å². The van der Waals surface area contributed by atoms with Crippen LogP contribution in [0.4, 0.5) is 0 Å². The molecule has 22 heavy (non-hydrogen) atoms. The summed E-state index contributed by atoms with van der Waals surface area (Å²) in [4.78, 5) is 12.7. The number of aryl methyl sites for hydroxylation is 1. The smallest absolute Gasteiger partial charge is 0.252 e. The fourth-order valence-electron chi connectivity index (χ4n) is 3.72. The van der Waals surface area contributed by atoms with Gasteiger partial charge in [-0.1, -0.05) is 49.4 Å². The van der Waals surface area contributed by atoms with E-state index in [0.29, 0.717) is 5.92 Å². The van der Waals surface area contributed by atoms with E-state index in [1.807, 2.05) is 18.2 Å². The van der Waals surface area contributed by atoms with E-state index >= 15 is 0 Å². The molecule has 3 heteroatoms. The van der Waals surface area contributed by atoms with Crippen LogP contribution in [-0.2, 0) is 6.42 Å². The van der Waals surface area contributed by atoms with Gasteiger partial charge in [0.25, 0.3) is 5.91 Å². The summed E-state index contributed by atoms with van der Waals surface area (Å²) in [6, 6.07) is 14.9. The normalized spacial score (nSPS) is 22.9. The molecule has 0 radical (unpaired) electrons. The van der Waals surface area contributed by atoms with Crippen LogP contribution in [0.25, 0.3) is 11.1 Å². The Morgan fingerprint density at radius 2 is 1.95 bits per heavy atom. The van der Waals surface area contributed by atoms with Gasteiger partial charge in [0, 0.05) is 25.0 Å². The van der Waals surface area contributed by atoms with Crippen molar-refractivity contribution in [3.05, 3.63) is 59.2 Å². The summed E-state index contributed by atoms with van der Waals surface area (Å²) in [7, 11) is 0. The van der Waals surface area contributed by atoms with Crippen LogP contribution in [-0.4, -0.2) is 25.0 Å². The monoisotopic (exact) mass is 292 g/mol. The molecule has 112 valence electrons. The van der Waals surface area contributed by atoms with Gasteiger partial charge >= 0.3 is 0 Å². The van der Waals surface area contributed by atoms with Crippen molar-refractivity contribution >= 4 is 5.91 Å². The SMILES string of the molecule is CCc1cc(-c2ccccc2)c2c(c1)[C@H]1CNC[C@@H]1NC2=O. The van der Waals surface area contributed by atoms with Crippen molar-refractivity contribution in [3.8, 4) is 11.1 Å². The second kappa shape index (κ2) is 5.25. The van der Waals surface area contributed by atoms with Crippen molar-refractivity contribution < 1.29 is 4.79 Å². The quantitative estimate of drug-likeness (QED) is 0.893. The lowest BCUT2D eigenvalue weighted by atomic mass is 9.81. The highest BCUT2D eigenvalue weighted by Gasteiger charge is 2.38. The molecule has 4 rings (SSSR count). The Bertz CT molecular complexity index is 724. The van der Waals surface area contributed by atoms with Crippen LogP contribution in [0.5, 0.6) is 0 Å². The molecule has 2 aliphatic rings. The van der Waals surface area contributed by atoms with E-state index in [1.54, 1.807) is 0 Å². The average Bonchev–Trinajstić information content (AvgIpc) is 3.03. The first-order chi connectivity index (χ1) is 10.8. The fourth-order valence-corrected chi connectivity index (χ4v) is 3.72. The number of amides is 1. The Morgan fingerprint density at radius 3 is 2.73 bits per heavy atom. The van der Waals surface area contributed by atoms with Crippen molar-refractivity contribution in [1.82, 2.24) is 10.6 Å². The number of rotatable bonds is 2. The van der Waals surface area contributed by atoms with Crippen LogP contribution in [0.1, 0.15) is 34.3 Å². The maximum atomic E-state index is 12.7. The summed E-state index contributed by atoms with van der Waals surface area (Å²) in [5.74, 6) is 0.461. The minimum Gasteiger partial charge on any atom is -0.347 e. The molecular weight excluding hydrogens is 272 g/mol. The third-order valence-corrected chi connectivity index (χ3v) is 4.88. The number of fused-ring (bicyclic) bond motifs is 3. The predicted molar refractivity (Wildman–Crippen MR) is 88.1 cm³/mol. The van der Waals surface area contributed by atoms with Crippen molar-refractivity contribution in [2.24, 2.45) is 0 Å². The second-order valence-corrected chi connectivity index (χ2v) is 6.17. The predicted octanol–water partition coefficient (Wildman–Crippen LogP) is 2.71. The van der Waals surface area contributed by atoms with Gasteiger partial charge in [0.2, 0.25) is 0 Å². The summed E-state index contributed by atoms with van der Waals surface area (Å²) in [6.07, 6.45) is 0.986. The van der Waals surface area contributed by atoms with Crippen LogP contribution < -0.4 is 10.6 Å². The minimum absolute atomic E-state index is 0.0708. The molecule has 0 saturated carbocycles. The molecule has 2 aromatic carbocycles. The van der Waals surface area contributed by atoms with Gasteiger partial charge < -0.3 is 10.6 Å². The van der Waals surface area contributed by atoms with Crippen LogP contribution >= 0.6 is 0 Å². The Labute approximate surface area is 130 Å². The Balaban J connectivity index is 1.96. The molecular formula is C19H20N2O. The summed E-state index contributed by atoms with van der Waals surface area (Å²) >= 11 is 0. The van der Waals surface area contributed by atoms with Gasteiger partial charge in [0.1, 0.15) is 0 Å². The van der Waals surface area contributed by atoms with Crippen molar-refractivity contribution in [2.75, 3.05) is 13.1 Å². The summed E-state index contributed by atoms with van der Waals surface area (Å²) in [5.41, 5.74) is 5.58. The summed E-state index contributed by atoms with van der Waals surface area (Å²) in [5, 5.41) is 6.59. The first kappa shape index (κ1) is 13.5. The van der Waals surface area contributed by atoms with Crippen LogP contribution in [0.3, 0.4) is 0 Å². The van der Waals surface area contributed by atoms with Gasteiger partial charge in [-0.05, 0) is 28.7 Å². The zero-order chi connectivity index (χ0) is 15.1. The minimum atomic E-state index is 0.0708. The largest absolute Gasteiger partial charge is 0.347 e. The summed E-state index contributed by atoms with van der Waals surface area (Å²) < 4.78 is 0. The van der Waals surface area contributed by atoms with Gasteiger partial charge in [-0.25, -0.2) is 0 Å². The van der Waals surface area contributed by atoms with Crippen molar-refractivity contribution in [3.63, 3.8) is 0 Å². The Kier molecular flexibility index (Phi) is 3.23. The van der Waals surface area contributed by atoms with E-state index in [2.05, 4.69) is 41.8 Å². The molecule has 0 aliphatic carbocycles. The molecule has 2 N–H and O–H groups in total. The molecule has 2 aromatic rings. The first-order valence-corrected chi connectivity index (χ1v) is 8.01. The Morgan fingerprint density at radius 1 is 1.14 bits per heavy atom. The maximum absolute atomic E-state index is 12.7. The van der Waals surface area contributed by atoms with E-state index in [9.17, 15) is 4.79 Å². The van der Waals surface area contributed by atoms with E-state index < -0.39 is 0 Å². The lowest BCUT2D eigenvalue weighted by Crippen LogP contribution is -2.44. The van der Waals surface area contributed by atoms with E-state index in [4.69, 9.17) is 0 Å². The van der Waals surface area contributed by atoms with Crippen LogP contribution in [0, 0.1) is 0 Å². The lowest BCUT2D eigenvalue weighted by Gasteiger charge is -2.30. The molecule has 1 fully saturated rings. The van der Waals surface area contributed by atoms with Gasteiger partial charge in [0.05, 0.1) is 5.56 Å². The highest BCUT2D eigenvalue weighted by Crippen LogP contribution is 2.37. The third-order valence-electron chi connectivity index (χ3n) is 4.88. The molecule has 0 bridgehead atoms. The van der Waals surface area contributed by atoms with Crippen molar-refractivity contribution in [2.45, 2.75) is 25.3 Å².